The molecule has 2 amide bonds. The van der Waals surface area contributed by atoms with Crippen LogP contribution in [0, 0.1) is 0 Å². The van der Waals surface area contributed by atoms with Gasteiger partial charge in [0.05, 0.1) is 11.0 Å². The van der Waals surface area contributed by atoms with Gasteiger partial charge in [-0.3, -0.25) is 5.32 Å². The Morgan fingerprint density at radius 2 is 2.09 bits per heavy atom. The quantitative estimate of drug-likeness (QED) is 0.875. The van der Waals surface area contributed by atoms with Crippen molar-refractivity contribution in [1.29, 1.82) is 0 Å². The standard InChI is InChI=1S/C14H16N4O3S2/c19-13(15-9-11-7-4-8-23(11,20)21)17-14-16-12(18-22-14)10-5-2-1-3-6-10/h1-3,5-6,11H,4,7-9H2,(H2,15,16,17,18,19). The van der Waals surface area contributed by atoms with Gasteiger partial charge in [-0.25, -0.2) is 13.2 Å². The summed E-state index contributed by atoms with van der Waals surface area (Å²) in [7, 11) is -3.06. The van der Waals surface area contributed by atoms with Crippen molar-refractivity contribution in [3.63, 3.8) is 0 Å². The van der Waals surface area contributed by atoms with Crippen LogP contribution < -0.4 is 10.6 Å². The molecule has 7 nitrogen and oxygen atoms in total. The molecule has 0 aliphatic carbocycles. The van der Waals surface area contributed by atoms with Gasteiger partial charge in [0.2, 0.25) is 5.13 Å². The third-order valence-electron chi connectivity index (χ3n) is 3.63. The second-order valence-corrected chi connectivity index (χ2v) is 8.41. The minimum absolute atomic E-state index is 0.124. The van der Waals surface area contributed by atoms with E-state index in [2.05, 4.69) is 20.0 Å². The van der Waals surface area contributed by atoms with Gasteiger partial charge in [0.15, 0.2) is 15.7 Å². The summed E-state index contributed by atoms with van der Waals surface area (Å²) in [6, 6.07) is 8.98. The van der Waals surface area contributed by atoms with Gasteiger partial charge in [0.1, 0.15) is 0 Å². The first-order chi connectivity index (χ1) is 11.0. The molecule has 1 aliphatic heterocycles. The summed E-state index contributed by atoms with van der Waals surface area (Å²) < 4.78 is 27.6. The number of nitrogens with one attached hydrogen (secondary N) is 2. The Morgan fingerprint density at radius 1 is 1.30 bits per heavy atom. The number of anilines is 1. The number of hydrogen-bond donors (Lipinski definition) is 2. The minimum atomic E-state index is -3.06. The normalized spacial score (nSPS) is 19.4. The Morgan fingerprint density at radius 3 is 2.78 bits per heavy atom. The van der Waals surface area contributed by atoms with Crippen LogP contribution in [0.25, 0.3) is 11.4 Å². The first kappa shape index (κ1) is 15.9. The number of aromatic nitrogens is 2. The molecule has 1 fully saturated rings. The van der Waals surface area contributed by atoms with E-state index in [1.165, 1.54) is 0 Å². The van der Waals surface area contributed by atoms with Crippen molar-refractivity contribution in [2.45, 2.75) is 18.1 Å². The van der Waals surface area contributed by atoms with Crippen LogP contribution in [0.1, 0.15) is 12.8 Å². The van der Waals surface area contributed by atoms with Crippen molar-refractivity contribution in [3.05, 3.63) is 30.3 Å². The first-order valence-electron chi connectivity index (χ1n) is 7.20. The van der Waals surface area contributed by atoms with Gasteiger partial charge in [-0.2, -0.15) is 9.36 Å². The van der Waals surface area contributed by atoms with Crippen molar-refractivity contribution >= 4 is 32.5 Å². The predicted molar refractivity (Wildman–Crippen MR) is 89.2 cm³/mol. The number of urea groups is 1. The second kappa shape index (κ2) is 6.63. The van der Waals surface area contributed by atoms with Gasteiger partial charge in [-0.05, 0) is 12.8 Å². The Balaban J connectivity index is 1.55. The van der Waals surface area contributed by atoms with Crippen LogP contribution >= 0.6 is 11.5 Å². The van der Waals surface area contributed by atoms with E-state index in [1.807, 2.05) is 30.3 Å². The van der Waals surface area contributed by atoms with E-state index in [4.69, 9.17) is 0 Å². The number of carbonyl (C=O) groups is 1. The summed E-state index contributed by atoms with van der Waals surface area (Å²) in [6.07, 6.45) is 1.26. The number of carbonyl (C=O) groups excluding carboxylic acids is 1. The minimum Gasteiger partial charge on any atom is -0.337 e. The maximum Gasteiger partial charge on any atom is 0.321 e. The van der Waals surface area contributed by atoms with E-state index < -0.39 is 21.1 Å². The van der Waals surface area contributed by atoms with E-state index in [1.54, 1.807) is 0 Å². The predicted octanol–water partition coefficient (Wildman–Crippen LogP) is 1.90. The zero-order valence-corrected chi connectivity index (χ0v) is 13.9. The zero-order valence-electron chi connectivity index (χ0n) is 12.2. The SMILES string of the molecule is O=C(NCC1CCCS1(=O)=O)Nc1nc(-c2ccccc2)ns1. The summed E-state index contributed by atoms with van der Waals surface area (Å²) >= 11 is 1.08. The van der Waals surface area contributed by atoms with Gasteiger partial charge in [-0.15, -0.1) is 0 Å². The Hall–Kier alpha value is -2.00. The molecule has 2 N–H and O–H groups in total. The first-order valence-corrected chi connectivity index (χ1v) is 9.69. The molecule has 1 aromatic heterocycles. The Labute approximate surface area is 138 Å². The van der Waals surface area contributed by atoms with Crippen LogP contribution in [0.5, 0.6) is 0 Å². The smallest absolute Gasteiger partial charge is 0.321 e. The van der Waals surface area contributed by atoms with E-state index >= 15 is 0 Å². The molecule has 1 aromatic carbocycles. The Bertz CT molecular complexity index is 789. The highest BCUT2D eigenvalue weighted by Gasteiger charge is 2.31. The third-order valence-corrected chi connectivity index (χ3v) is 6.54. The van der Waals surface area contributed by atoms with Gasteiger partial charge >= 0.3 is 6.03 Å². The van der Waals surface area contributed by atoms with Crippen LogP contribution in [0.15, 0.2) is 30.3 Å². The Kier molecular flexibility index (Phi) is 4.58. The highest BCUT2D eigenvalue weighted by atomic mass is 32.2. The van der Waals surface area contributed by atoms with Crippen molar-refractivity contribution in [2.75, 3.05) is 17.6 Å². The highest BCUT2D eigenvalue weighted by molar-refractivity contribution is 7.92. The average Bonchev–Trinajstić information content (AvgIpc) is 3.12. The number of hydrogen-bond acceptors (Lipinski definition) is 6. The molecule has 0 radical (unpaired) electrons. The van der Waals surface area contributed by atoms with E-state index in [-0.39, 0.29) is 12.3 Å². The molecular formula is C14H16N4O3S2. The lowest BCUT2D eigenvalue weighted by Crippen LogP contribution is -2.37. The van der Waals surface area contributed by atoms with Gasteiger partial charge in [0, 0.05) is 23.6 Å². The molecule has 0 saturated carbocycles. The summed E-state index contributed by atoms with van der Waals surface area (Å²) in [5.74, 6) is 0.752. The zero-order chi connectivity index (χ0) is 16.3. The van der Waals surface area contributed by atoms with Crippen molar-refractivity contribution in [3.8, 4) is 11.4 Å². The number of benzene rings is 1. The lowest BCUT2D eigenvalue weighted by Gasteiger charge is -2.10. The molecule has 9 heteroatoms. The fraction of sp³-hybridized carbons (Fsp3) is 0.357. The van der Waals surface area contributed by atoms with Crippen molar-refractivity contribution in [2.24, 2.45) is 0 Å². The molecule has 2 heterocycles. The third kappa shape index (κ3) is 3.85. The number of sulfone groups is 1. The fourth-order valence-electron chi connectivity index (χ4n) is 2.41. The van der Waals surface area contributed by atoms with Crippen LogP contribution in [-0.4, -0.2) is 41.4 Å². The molecule has 1 atom stereocenters. The van der Waals surface area contributed by atoms with Gasteiger partial charge in [-0.1, -0.05) is 30.3 Å². The van der Waals surface area contributed by atoms with Crippen LogP contribution in [0.2, 0.25) is 0 Å². The van der Waals surface area contributed by atoms with E-state index in [0.717, 1.165) is 17.1 Å². The summed E-state index contributed by atoms with van der Waals surface area (Å²) in [5.41, 5.74) is 0.870. The van der Waals surface area contributed by atoms with Crippen LogP contribution in [-0.2, 0) is 9.84 Å². The lowest BCUT2D eigenvalue weighted by atomic mass is 10.2. The fourth-order valence-corrected chi connectivity index (χ4v) is 4.76. The van der Waals surface area contributed by atoms with Crippen LogP contribution in [0.4, 0.5) is 9.93 Å². The summed E-state index contributed by atoms with van der Waals surface area (Å²) in [6.45, 7) is 0.124. The summed E-state index contributed by atoms with van der Waals surface area (Å²) in [5, 5.41) is 5.06. The number of rotatable bonds is 4. The lowest BCUT2D eigenvalue weighted by molar-refractivity contribution is 0.252. The van der Waals surface area contributed by atoms with E-state index in [0.29, 0.717) is 23.8 Å². The second-order valence-electron chi connectivity index (χ2n) is 5.26. The molecule has 0 bridgehead atoms. The average molecular weight is 352 g/mol. The molecule has 1 unspecified atom stereocenters. The highest BCUT2D eigenvalue weighted by Crippen LogP contribution is 2.21. The molecule has 0 spiro atoms. The maximum atomic E-state index is 11.8. The largest absolute Gasteiger partial charge is 0.337 e. The summed E-state index contributed by atoms with van der Waals surface area (Å²) in [4.78, 5) is 16.1. The molecular weight excluding hydrogens is 336 g/mol. The maximum absolute atomic E-state index is 11.8. The monoisotopic (exact) mass is 352 g/mol. The van der Waals surface area contributed by atoms with Gasteiger partial charge in [0.25, 0.3) is 0 Å². The molecule has 1 saturated heterocycles. The van der Waals surface area contributed by atoms with Crippen molar-refractivity contribution < 1.29 is 13.2 Å². The topological polar surface area (TPSA) is 101 Å². The van der Waals surface area contributed by atoms with E-state index in [9.17, 15) is 13.2 Å². The molecule has 2 aromatic rings. The number of nitrogens with zero attached hydrogens (tertiary/aromatic N) is 2. The number of amides is 2. The van der Waals surface area contributed by atoms with Crippen LogP contribution in [0.3, 0.4) is 0 Å². The molecule has 23 heavy (non-hydrogen) atoms. The molecule has 122 valence electrons. The molecule has 1 aliphatic rings. The van der Waals surface area contributed by atoms with Crippen molar-refractivity contribution in [1.82, 2.24) is 14.7 Å². The molecule has 3 rings (SSSR count). The van der Waals surface area contributed by atoms with Gasteiger partial charge < -0.3 is 5.32 Å².